The number of carbonyl (C=O) groups is 2. The molecule has 5 nitrogen and oxygen atoms in total. The van der Waals surface area contributed by atoms with Gasteiger partial charge in [0, 0.05) is 18.2 Å². The quantitative estimate of drug-likeness (QED) is 0.791. The monoisotopic (exact) mass is 353 g/mol. The van der Waals surface area contributed by atoms with E-state index in [1.165, 1.54) is 0 Å². The van der Waals surface area contributed by atoms with Crippen molar-refractivity contribution in [3.63, 3.8) is 0 Å². The zero-order chi connectivity index (χ0) is 16.8. The average molecular weight is 354 g/mol. The van der Waals surface area contributed by atoms with Gasteiger partial charge >= 0.3 is 0 Å². The fraction of sp³-hybridized carbons (Fsp3) is 0.556. The average Bonchev–Trinajstić information content (AvgIpc) is 2.50. The molecular weight excluding hydrogens is 326 g/mol. The molecule has 0 spiro atoms. The molecule has 1 heterocycles. The topological polar surface area (TPSA) is 61.4 Å². The van der Waals surface area contributed by atoms with Gasteiger partial charge in [0.1, 0.15) is 6.04 Å². The zero-order valence-electron chi connectivity index (χ0n) is 14.6. The summed E-state index contributed by atoms with van der Waals surface area (Å²) in [6.45, 7) is 8.18. The molecule has 1 aliphatic heterocycles. The Morgan fingerprint density at radius 1 is 1.25 bits per heavy atom. The van der Waals surface area contributed by atoms with E-state index in [9.17, 15) is 9.59 Å². The standard InChI is InChI=1S/C18H27N3O2.ClH/c1-4-10-21(18(23)13(2)15-11-19-12-15)14(3)17(22)20-16-8-6-5-7-9-16;/h5-9,13-15,19H,4,10-12H2,1-3H3,(H,20,22);1H. The smallest absolute Gasteiger partial charge is 0.246 e. The van der Waals surface area contributed by atoms with Crippen LogP contribution < -0.4 is 10.6 Å². The highest BCUT2D eigenvalue weighted by atomic mass is 35.5. The molecule has 1 fully saturated rings. The number of anilines is 1. The molecule has 6 heteroatoms. The number of carbonyl (C=O) groups excluding carboxylic acids is 2. The first-order chi connectivity index (χ1) is 11.0. The molecule has 2 amide bonds. The van der Waals surface area contributed by atoms with Gasteiger partial charge < -0.3 is 15.5 Å². The van der Waals surface area contributed by atoms with E-state index in [2.05, 4.69) is 10.6 Å². The minimum atomic E-state index is -0.474. The Kier molecular flexibility index (Phi) is 8.22. The van der Waals surface area contributed by atoms with Gasteiger partial charge in [-0.3, -0.25) is 9.59 Å². The SMILES string of the molecule is CCCN(C(=O)C(C)C1CNC1)C(C)C(=O)Nc1ccccc1.Cl. The number of hydrogen-bond acceptors (Lipinski definition) is 3. The summed E-state index contributed by atoms with van der Waals surface area (Å²) in [5.74, 6) is 0.270. The minimum absolute atomic E-state index is 0. The lowest BCUT2D eigenvalue weighted by Gasteiger charge is -2.37. The molecule has 2 rings (SSSR count). The second-order valence-corrected chi connectivity index (χ2v) is 6.27. The van der Waals surface area contributed by atoms with Crippen molar-refractivity contribution in [2.24, 2.45) is 11.8 Å². The molecule has 2 unspecified atom stereocenters. The van der Waals surface area contributed by atoms with Crippen LogP contribution in [0.25, 0.3) is 0 Å². The summed E-state index contributed by atoms with van der Waals surface area (Å²) in [6.07, 6.45) is 0.838. The van der Waals surface area contributed by atoms with Crippen LogP contribution in [-0.4, -0.2) is 42.4 Å². The van der Waals surface area contributed by atoms with Crippen molar-refractivity contribution in [2.45, 2.75) is 33.2 Å². The van der Waals surface area contributed by atoms with Gasteiger partial charge in [-0.15, -0.1) is 12.4 Å². The van der Waals surface area contributed by atoms with Crippen molar-refractivity contribution in [1.29, 1.82) is 0 Å². The summed E-state index contributed by atoms with van der Waals surface area (Å²) in [6, 6.07) is 8.87. The normalized spacial score (nSPS) is 16.3. The van der Waals surface area contributed by atoms with Crippen molar-refractivity contribution in [3.05, 3.63) is 30.3 Å². The minimum Gasteiger partial charge on any atom is -0.331 e. The van der Waals surface area contributed by atoms with E-state index in [1.807, 2.05) is 44.2 Å². The first kappa shape index (κ1) is 20.5. The second kappa shape index (κ2) is 9.64. The lowest BCUT2D eigenvalue weighted by atomic mass is 9.87. The summed E-state index contributed by atoms with van der Waals surface area (Å²) in [5.41, 5.74) is 0.754. The largest absolute Gasteiger partial charge is 0.331 e. The van der Waals surface area contributed by atoms with E-state index < -0.39 is 6.04 Å². The highest BCUT2D eigenvalue weighted by molar-refractivity contribution is 5.97. The lowest BCUT2D eigenvalue weighted by molar-refractivity contribution is -0.143. The van der Waals surface area contributed by atoms with Gasteiger partial charge in [-0.05, 0) is 44.5 Å². The van der Waals surface area contributed by atoms with Gasteiger partial charge in [-0.25, -0.2) is 0 Å². The molecule has 0 radical (unpaired) electrons. The number of nitrogens with zero attached hydrogens (tertiary/aromatic N) is 1. The van der Waals surface area contributed by atoms with Gasteiger partial charge in [-0.2, -0.15) is 0 Å². The van der Waals surface area contributed by atoms with Crippen LogP contribution in [0.4, 0.5) is 5.69 Å². The number of halogens is 1. The fourth-order valence-electron chi connectivity index (χ4n) is 2.77. The molecule has 1 saturated heterocycles. The third kappa shape index (κ3) is 4.95. The Bertz CT molecular complexity index is 534. The molecule has 24 heavy (non-hydrogen) atoms. The molecule has 0 aliphatic carbocycles. The highest BCUT2D eigenvalue weighted by Crippen LogP contribution is 2.20. The van der Waals surface area contributed by atoms with Crippen LogP contribution in [0.1, 0.15) is 27.2 Å². The van der Waals surface area contributed by atoms with Crippen molar-refractivity contribution >= 4 is 29.9 Å². The molecule has 0 bridgehead atoms. The van der Waals surface area contributed by atoms with Crippen LogP contribution in [0.3, 0.4) is 0 Å². The lowest BCUT2D eigenvalue weighted by Crippen LogP contribution is -2.53. The zero-order valence-corrected chi connectivity index (χ0v) is 15.4. The van der Waals surface area contributed by atoms with E-state index in [4.69, 9.17) is 0 Å². The Morgan fingerprint density at radius 2 is 1.88 bits per heavy atom. The second-order valence-electron chi connectivity index (χ2n) is 6.27. The third-order valence-corrected chi connectivity index (χ3v) is 4.55. The number of hydrogen-bond donors (Lipinski definition) is 2. The van der Waals surface area contributed by atoms with E-state index in [-0.39, 0.29) is 30.1 Å². The fourth-order valence-corrected chi connectivity index (χ4v) is 2.77. The van der Waals surface area contributed by atoms with Gasteiger partial charge in [-0.1, -0.05) is 32.0 Å². The number of para-hydroxylation sites is 1. The van der Waals surface area contributed by atoms with Crippen LogP contribution in [0, 0.1) is 11.8 Å². The van der Waals surface area contributed by atoms with Gasteiger partial charge in [0.15, 0.2) is 0 Å². The third-order valence-electron chi connectivity index (χ3n) is 4.55. The van der Waals surface area contributed by atoms with E-state index in [0.29, 0.717) is 12.5 Å². The summed E-state index contributed by atoms with van der Waals surface area (Å²) in [4.78, 5) is 27.0. The number of nitrogens with one attached hydrogen (secondary N) is 2. The van der Waals surface area contributed by atoms with Crippen molar-refractivity contribution in [1.82, 2.24) is 10.2 Å². The van der Waals surface area contributed by atoms with Crippen LogP contribution in [-0.2, 0) is 9.59 Å². The first-order valence-electron chi connectivity index (χ1n) is 8.41. The van der Waals surface area contributed by atoms with Crippen LogP contribution in [0.15, 0.2) is 30.3 Å². The molecular formula is C18H28ClN3O2. The van der Waals surface area contributed by atoms with Crippen molar-refractivity contribution < 1.29 is 9.59 Å². The highest BCUT2D eigenvalue weighted by Gasteiger charge is 2.34. The van der Waals surface area contributed by atoms with Crippen molar-refractivity contribution in [2.75, 3.05) is 25.0 Å². The first-order valence-corrected chi connectivity index (χ1v) is 8.41. The maximum Gasteiger partial charge on any atom is 0.246 e. The molecule has 134 valence electrons. The van der Waals surface area contributed by atoms with Gasteiger partial charge in [0.25, 0.3) is 0 Å². The molecule has 1 aliphatic rings. The Labute approximate surface area is 150 Å². The maximum atomic E-state index is 12.8. The van der Waals surface area contributed by atoms with E-state index in [0.717, 1.165) is 25.2 Å². The molecule has 0 aromatic heterocycles. The van der Waals surface area contributed by atoms with E-state index in [1.54, 1.807) is 11.8 Å². The van der Waals surface area contributed by atoms with Crippen molar-refractivity contribution in [3.8, 4) is 0 Å². The predicted molar refractivity (Wildman–Crippen MR) is 99.3 cm³/mol. The maximum absolute atomic E-state index is 12.8. The Morgan fingerprint density at radius 3 is 2.38 bits per heavy atom. The Balaban J connectivity index is 0.00000288. The van der Waals surface area contributed by atoms with Gasteiger partial charge in [0.05, 0.1) is 0 Å². The predicted octanol–water partition coefficient (Wildman–Crippen LogP) is 2.53. The van der Waals surface area contributed by atoms with Crippen LogP contribution in [0.2, 0.25) is 0 Å². The summed E-state index contributed by atoms with van der Waals surface area (Å²) >= 11 is 0. The number of benzene rings is 1. The van der Waals surface area contributed by atoms with Crippen LogP contribution in [0.5, 0.6) is 0 Å². The summed E-state index contributed by atoms with van der Waals surface area (Å²) in [5, 5.41) is 6.09. The molecule has 1 aromatic carbocycles. The number of rotatable bonds is 7. The van der Waals surface area contributed by atoms with E-state index >= 15 is 0 Å². The number of amides is 2. The Hall–Kier alpha value is -1.59. The summed E-state index contributed by atoms with van der Waals surface area (Å²) < 4.78 is 0. The molecule has 2 atom stereocenters. The summed E-state index contributed by atoms with van der Waals surface area (Å²) in [7, 11) is 0. The molecule has 2 N–H and O–H groups in total. The molecule has 0 saturated carbocycles. The molecule has 1 aromatic rings. The van der Waals surface area contributed by atoms with Gasteiger partial charge in [0.2, 0.25) is 11.8 Å². The van der Waals surface area contributed by atoms with Crippen LogP contribution >= 0.6 is 12.4 Å².